The molecule has 2 aromatic heterocycles. The van der Waals surface area contributed by atoms with Gasteiger partial charge in [-0.3, -0.25) is 9.78 Å². The fourth-order valence-electron chi connectivity index (χ4n) is 1.51. The van der Waals surface area contributed by atoms with Gasteiger partial charge in [0.15, 0.2) is 11.6 Å². The highest BCUT2D eigenvalue weighted by atomic mass is 79.9. The van der Waals surface area contributed by atoms with Crippen LogP contribution in [0.3, 0.4) is 0 Å². The maximum Gasteiger partial charge on any atom is 0.179 e. The van der Waals surface area contributed by atoms with Crippen molar-refractivity contribution in [3.05, 3.63) is 38.7 Å². The third-order valence-corrected chi connectivity index (χ3v) is 3.42. The van der Waals surface area contributed by atoms with E-state index in [1.807, 2.05) is 6.07 Å². The number of ketones is 1. The first-order valence-electron chi connectivity index (χ1n) is 5.15. The van der Waals surface area contributed by atoms with Crippen LogP contribution in [0.5, 0.6) is 0 Å². The molecule has 0 aliphatic rings. The topological polar surface area (TPSA) is 55.7 Å². The Labute approximate surface area is 121 Å². The highest BCUT2D eigenvalue weighted by molar-refractivity contribution is 9.11. The lowest BCUT2D eigenvalue weighted by Crippen LogP contribution is -2.03. The van der Waals surface area contributed by atoms with Gasteiger partial charge in [0.2, 0.25) is 0 Å². The van der Waals surface area contributed by atoms with Gasteiger partial charge in [-0.15, -0.1) is 0 Å². The molecule has 18 heavy (non-hydrogen) atoms. The number of Topliss-reactive ketones (excluding diaryl/α,β-unsaturated/α-hetero) is 1. The van der Waals surface area contributed by atoms with Crippen LogP contribution in [-0.4, -0.2) is 20.7 Å². The number of hydrogen-bond donors (Lipinski definition) is 0. The highest BCUT2D eigenvalue weighted by Crippen LogP contribution is 2.26. The second-order valence-electron chi connectivity index (χ2n) is 3.73. The molecule has 0 spiro atoms. The van der Waals surface area contributed by atoms with Gasteiger partial charge in [0, 0.05) is 21.3 Å². The van der Waals surface area contributed by atoms with Crippen LogP contribution >= 0.6 is 31.9 Å². The zero-order valence-corrected chi connectivity index (χ0v) is 12.9. The average molecular weight is 371 g/mol. The van der Waals surface area contributed by atoms with Gasteiger partial charge < -0.3 is 0 Å². The van der Waals surface area contributed by atoms with E-state index in [1.165, 1.54) is 13.1 Å². The van der Waals surface area contributed by atoms with Gasteiger partial charge in [0.25, 0.3) is 0 Å². The Bertz CT molecular complexity index is 629. The van der Waals surface area contributed by atoms with E-state index in [1.54, 1.807) is 13.1 Å². The second-order valence-corrected chi connectivity index (χ2v) is 5.50. The van der Waals surface area contributed by atoms with E-state index in [9.17, 15) is 4.79 Å². The summed E-state index contributed by atoms with van der Waals surface area (Å²) in [7, 11) is 0. The van der Waals surface area contributed by atoms with Crippen LogP contribution in [0.4, 0.5) is 0 Å². The smallest absolute Gasteiger partial charge is 0.179 e. The zero-order chi connectivity index (χ0) is 13.3. The lowest BCUT2D eigenvalue weighted by atomic mass is 10.2. The molecule has 0 amide bonds. The van der Waals surface area contributed by atoms with E-state index in [0.717, 1.165) is 8.95 Å². The molecule has 0 aliphatic heterocycles. The third-order valence-electron chi connectivity index (χ3n) is 2.38. The fraction of sp³-hybridized carbons (Fsp3) is 0.167. The fourth-order valence-corrected chi connectivity index (χ4v) is 2.67. The van der Waals surface area contributed by atoms with Crippen molar-refractivity contribution in [2.24, 2.45) is 0 Å². The summed E-state index contributed by atoms with van der Waals surface area (Å²) in [6, 6.07) is 1.87. The van der Waals surface area contributed by atoms with E-state index < -0.39 is 0 Å². The molecule has 2 heterocycles. The minimum absolute atomic E-state index is 0.0399. The monoisotopic (exact) mass is 369 g/mol. The van der Waals surface area contributed by atoms with Crippen molar-refractivity contribution in [2.75, 3.05) is 0 Å². The Morgan fingerprint density at radius 1 is 1.22 bits per heavy atom. The molecular weight excluding hydrogens is 362 g/mol. The molecule has 6 heteroatoms. The number of carbonyl (C=O) groups excluding carboxylic acids is 1. The first kappa shape index (κ1) is 13.3. The number of aromatic nitrogens is 3. The lowest BCUT2D eigenvalue weighted by molar-refractivity contribution is 0.101. The summed E-state index contributed by atoms with van der Waals surface area (Å²) in [5, 5.41) is 0. The number of aryl methyl sites for hydroxylation is 1. The van der Waals surface area contributed by atoms with Crippen molar-refractivity contribution in [1.82, 2.24) is 15.0 Å². The summed E-state index contributed by atoms with van der Waals surface area (Å²) in [6.07, 6.45) is 3.22. The number of nitrogens with zero attached hydrogens (tertiary/aromatic N) is 3. The Balaban J connectivity index is 2.52. The standard InChI is InChI=1S/C12H9Br2N3O/c1-6-9(7(2)18)5-16-12(17-6)11-10(14)3-8(13)4-15-11/h3-5H,1-2H3. The molecule has 92 valence electrons. The molecule has 0 N–H and O–H groups in total. The Kier molecular flexibility index (Phi) is 3.87. The second kappa shape index (κ2) is 5.24. The maximum absolute atomic E-state index is 11.3. The highest BCUT2D eigenvalue weighted by Gasteiger charge is 2.12. The average Bonchev–Trinajstić information content (AvgIpc) is 2.28. The van der Waals surface area contributed by atoms with Crippen molar-refractivity contribution in [3.8, 4) is 11.5 Å². The predicted molar refractivity (Wildman–Crippen MR) is 75.4 cm³/mol. The van der Waals surface area contributed by atoms with E-state index in [4.69, 9.17) is 0 Å². The largest absolute Gasteiger partial charge is 0.294 e. The van der Waals surface area contributed by atoms with Crippen LogP contribution < -0.4 is 0 Å². The minimum Gasteiger partial charge on any atom is -0.294 e. The molecule has 0 atom stereocenters. The molecule has 4 nitrogen and oxygen atoms in total. The lowest BCUT2D eigenvalue weighted by Gasteiger charge is -2.05. The Morgan fingerprint density at radius 3 is 2.50 bits per heavy atom. The number of hydrogen-bond acceptors (Lipinski definition) is 4. The normalized spacial score (nSPS) is 10.4. The van der Waals surface area contributed by atoms with E-state index >= 15 is 0 Å². The van der Waals surface area contributed by atoms with Gasteiger partial charge in [0.05, 0.1) is 11.3 Å². The van der Waals surface area contributed by atoms with E-state index in [-0.39, 0.29) is 5.78 Å². The van der Waals surface area contributed by atoms with Crippen molar-refractivity contribution < 1.29 is 4.79 Å². The van der Waals surface area contributed by atoms with Crippen LogP contribution in [0.2, 0.25) is 0 Å². The molecule has 0 aliphatic carbocycles. The van der Waals surface area contributed by atoms with E-state index in [2.05, 4.69) is 46.8 Å². The molecule has 0 saturated heterocycles. The SMILES string of the molecule is CC(=O)c1cnc(-c2ncc(Br)cc2Br)nc1C. The molecule has 0 saturated carbocycles. The van der Waals surface area contributed by atoms with Crippen LogP contribution in [0.25, 0.3) is 11.5 Å². The molecule has 0 radical (unpaired) electrons. The summed E-state index contributed by atoms with van der Waals surface area (Å²) in [5.74, 6) is 0.457. The molecule has 0 unspecified atom stereocenters. The van der Waals surface area contributed by atoms with Gasteiger partial charge in [-0.25, -0.2) is 9.97 Å². The summed E-state index contributed by atoms with van der Waals surface area (Å²) in [5.41, 5.74) is 1.84. The zero-order valence-electron chi connectivity index (χ0n) is 9.74. The van der Waals surface area contributed by atoms with Crippen molar-refractivity contribution in [2.45, 2.75) is 13.8 Å². The molecule has 2 aromatic rings. The Morgan fingerprint density at radius 2 is 1.94 bits per heavy atom. The first-order valence-corrected chi connectivity index (χ1v) is 6.73. The summed E-state index contributed by atoms with van der Waals surface area (Å²) >= 11 is 6.75. The van der Waals surface area contributed by atoms with Crippen LogP contribution in [0, 0.1) is 6.92 Å². The van der Waals surface area contributed by atoms with Gasteiger partial charge >= 0.3 is 0 Å². The number of carbonyl (C=O) groups is 1. The van der Waals surface area contributed by atoms with Crippen LogP contribution in [0.1, 0.15) is 23.0 Å². The summed E-state index contributed by atoms with van der Waals surface area (Å²) in [6.45, 7) is 3.29. The van der Waals surface area contributed by atoms with E-state index in [0.29, 0.717) is 22.8 Å². The van der Waals surface area contributed by atoms with Crippen LogP contribution in [-0.2, 0) is 0 Å². The van der Waals surface area contributed by atoms with Crippen molar-refractivity contribution in [3.63, 3.8) is 0 Å². The third kappa shape index (κ3) is 2.64. The molecule has 0 bridgehead atoms. The minimum atomic E-state index is -0.0399. The van der Waals surface area contributed by atoms with Gasteiger partial charge in [-0.2, -0.15) is 0 Å². The summed E-state index contributed by atoms with van der Waals surface area (Å²) in [4.78, 5) is 24.1. The number of rotatable bonds is 2. The summed E-state index contributed by atoms with van der Waals surface area (Å²) < 4.78 is 1.67. The van der Waals surface area contributed by atoms with Gasteiger partial charge in [0.1, 0.15) is 5.69 Å². The van der Waals surface area contributed by atoms with Crippen molar-refractivity contribution >= 4 is 37.6 Å². The van der Waals surface area contributed by atoms with Crippen molar-refractivity contribution in [1.29, 1.82) is 0 Å². The molecule has 0 aromatic carbocycles. The number of pyridine rings is 1. The number of halogens is 2. The molecule has 2 rings (SSSR count). The predicted octanol–water partition coefficient (Wildman–Crippen LogP) is 3.57. The molecule has 0 fully saturated rings. The van der Waals surface area contributed by atoms with Crippen LogP contribution in [0.15, 0.2) is 27.4 Å². The molecular formula is C12H9Br2N3O. The van der Waals surface area contributed by atoms with Gasteiger partial charge in [-0.1, -0.05) is 0 Å². The maximum atomic E-state index is 11.3. The Hall–Kier alpha value is -1.14. The quantitative estimate of drug-likeness (QED) is 0.758. The first-order chi connectivity index (χ1) is 8.49. The van der Waals surface area contributed by atoms with Gasteiger partial charge in [-0.05, 0) is 51.8 Å².